The smallest absolute Gasteiger partial charge is 0.462 e. The molecular formula is C44H79NO12P+. The second-order valence-electron chi connectivity index (χ2n) is 16.9. The minimum atomic E-state index is -4.43. The Morgan fingerprint density at radius 1 is 0.793 bits per heavy atom. The van der Waals surface area contributed by atoms with Crippen LogP contribution in [0, 0.1) is 11.8 Å². The molecule has 2 aliphatic rings. The zero-order valence-electron chi connectivity index (χ0n) is 36.5. The topological polar surface area (TPSA) is 156 Å². The third-order valence-electron chi connectivity index (χ3n) is 10.6. The van der Waals surface area contributed by atoms with Crippen LogP contribution in [0.15, 0.2) is 36.5 Å². The van der Waals surface area contributed by atoms with Crippen molar-refractivity contribution in [3.8, 4) is 0 Å². The summed E-state index contributed by atoms with van der Waals surface area (Å²) in [5.41, 5.74) is 0. The number of quaternary nitrogens is 1. The van der Waals surface area contributed by atoms with Gasteiger partial charge < -0.3 is 18.9 Å². The Balaban J connectivity index is 1.76. The van der Waals surface area contributed by atoms with E-state index in [-0.39, 0.29) is 50.1 Å². The summed E-state index contributed by atoms with van der Waals surface area (Å²) in [6, 6.07) is 0. The van der Waals surface area contributed by atoms with Gasteiger partial charge in [-0.25, -0.2) is 19.2 Å². The SMILES string of the molecule is CC/C=C\CC(/C=C/C1C2CC(OO2)C1C/C=C\CCCC(=O)OC(COC(=O)CCCCCCCCCCCCCCC)COP(=O)(O)OCC[N+](C)(C)C)OO. The number of carbonyl (C=O) groups excluding carboxylic acids is 2. The minimum Gasteiger partial charge on any atom is -0.462 e. The van der Waals surface area contributed by atoms with E-state index in [1.165, 1.54) is 57.8 Å². The van der Waals surface area contributed by atoms with Crippen molar-refractivity contribution in [2.75, 3.05) is 47.5 Å². The number of esters is 2. The van der Waals surface area contributed by atoms with Gasteiger partial charge in [0.15, 0.2) is 6.10 Å². The van der Waals surface area contributed by atoms with E-state index >= 15 is 0 Å². The van der Waals surface area contributed by atoms with Crippen molar-refractivity contribution in [3.63, 3.8) is 0 Å². The molecule has 1 saturated carbocycles. The summed E-state index contributed by atoms with van der Waals surface area (Å²) in [4.78, 5) is 51.3. The second-order valence-corrected chi connectivity index (χ2v) is 18.3. The van der Waals surface area contributed by atoms with Gasteiger partial charge in [-0.15, -0.1) is 0 Å². The summed E-state index contributed by atoms with van der Waals surface area (Å²) in [5.74, 6) is -0.581. The van der Waals surface area contributed by atoms with Crippen molar-refractivity contribution in [2.45, 2.75) is 173 Å². The number of phosphoric ester groups is 1. The van der Waals surface area contributed by atoms with Crippen molar-refractivity contribution >= 4 is 19.8 Å². The van der Waals surface area contributed by atoms with Crippen LogP contribution in [0.1, 0.15) is 149 Å². The number of phosphoric acid groups is 1. The molecule has 14 heteroatoms. The maximum absolute atomic E-state index is 12.8. The number of hydrogen-bond donors (Lipinski definition) is 2. The van der Waals surface area contributed by atoms with E-state index in [0.29, 0.717) is 36.7 Å². The molecule has 0 spiro atoms. The number of ether oxygens (including phenoxy) is 2. The summed E-state index contributed by atoms with van der Waals surface area (Å²) in [6.45, 7) is 4.04. The van der Waals surface area contributed by atoms with Crippen LogP contribution in [0.25, 0.3) is 0 Å². The molecule has 0 aromatic heterocycles. The number of fused-ring (bicyclic) bond motifs is 2. The van der Waals surface area contributed by atoms with Gasteiger partial charge in [-0.2, -0.15) is 0 Å². The van der Waals surface area contributed by atoms with E-state index in [0.717, 1.165) is 38.5 Å². The Bertz CT molecular complexity index is 1240. The largest absolute Gasteiger partial charge is 0.472 e. The monoisotopic (exact) mass is 845 g/mol. The van der Waals surface area contributed by atoms with Crippen LogP contribution in [-0.2, 0) is 47.3 Å². The molecule has 1 saturated heterocycles. The van der Waals surface area contributed by atoms with E-state index in [4.69, 9.17) is 28.3 Å². The molecule has 1 heterocycles. The average Bonchev–Trinajstić information content (AvgIpc) is 3.79. The van der Waals surface area contributed by atoms with Crippen LogP contribution >= 0.6 is 7.82 Å². The van der Waals surface area contributed by atoms with Gasteiger partial charge in [0.25, 0.3) is 0 Å². The van der Waals surface area contributed by atoms with Crippen molar-refractivity contribution in [3.05, 3.63) is 36.5 Å². The van der Waals surface area contributed by atoms with Crippen molar-refractivity contribution in [1.29, 1.82) is 0 Å². The Hall–Kier alpha value is -1.93. The lowest BCUT2D eigenvalue weighted by molar-refractivity contribution is -0.870. The third kappa shape index (κ3) is 25.0. The molecule has 2 bridgehead atoms. The lowest BCUT2D eigenvalue weighted by Gasteiger charge is -2.27. The van der Waals surface area contributed by atoms with Crippen LogP contribution in [0.4, 0.5) is 0 Å². The van der Waals surface area contributed by atoms with Gasteiger partial charge >= 0.3 is 19.8 Å². The molecule has 7 atom stereocenters. The lowest BCUT2D eigenvalue weighted by Crippen LogP contribution is -2.37. The standard InChI is InChI=1S/C44H78NO12P/c1-6-8-10-11-12-13-14-15-16-17-18-19-24-28-43(46)51-35-38(36-53-58(49,50)52-33-32-45(3,4)5)54-44(47)29-25-21-20-23-27-39-40(42-34-41(39)56-57-42)31-30-37(55-48)26-22-9-7-2/h9,20,22-23,30-31,37-42H,6-8,10-19,21,24-29,32-36H2,1-5H3,(H-,48,49,50)/p+1/b22-9-,23-20-,31-30+. The molecule has 336 valence electrons. The molecule has 2 fully saturated rings. The predicted molar refractivity (Wildman–Crippen MR) is 225 cm³/mol. The summed E-state index contributed by atoms with van der Waals surface area (Å²) < 4.78 is 34.4. The second kappa shape index (κ2) is 31.0. The summed E-state index contributed by atoms with van der Waals surface area (Å²) >= 11 is 0. The number of nitrogens with zero attached hydrogens (tertiary/aromatic N) is 1. The highest BCUT2D eigenvalue weighted by Gasteiger charge is 2.49. The molecule has 1 aliphatic heterocycles. The molecular weight excluding hydrogens is 765 g/mol. The first-order valence-corrected chi connectivity index (χ1v) is 23.7. The highest BCUT2D eigenvalue weighted by Crippen LogP contribution is 2.45. The van der Waals surface area contributed by atoms with Crippen LogP contribution in [0.3, 0.4) is 0 Å². The van der Waals surface area contributed by atoms with Crippen molar-refractivity contribution in [2.24, 2.45) is 11.8 Å². The first-order valence-electron chi connectivity index (χ1n) is 22.3. The number of unbranched alkanes of at least 4 members (excludes halogenated alkanes) is 13. The minimum absolute atomic E-state index is 0.000412. The molecule has 7 unspecified atom stereocenters. The van der Waals surface area contributed by atoms with E-state index in [1.807, 2.05) is 45.4 Å². The number of allylic oxidation sites excluding steroid dienone is 3. The molecule has 0 amide bonds. The number of rotatable bonds is 36. The van der Waals surface area contributed by atoms with Gasteiger partial charge in [-0.1, -0.05) is 127 Å². The lowest BCUT2D eigenvalue weighted by atomic mass is 9.89. The predicted octanol–water partition coefficient (Wildman–Crippen LogP) is 9.98. The van der Waals surface area contributed by atoms with Gasteiger partial charge in [0.2, 0.25) is 0 Å². The summed E-state index contributed by atoms with van der Waals surface area (Å²) in [7, 11) is 1.37. The van der Waals surface area contributed by atoms with E-state index in [2.05, 4.69) is 30.9 Å². The maximum Gasteiger partial charge on any atom is 0.472 e. The molecule has 2 N–H and O–H groups in total. The fourth-order valence-corrected chi connectivity index (χ4v) is 7.85. The van der Waals surface area contributed by atoms with Crippen LogP contribution in [0.2, 0.25) is 0 Å². The van der Waals surface area contributed by atoms with Gasteiger partial charge in [0.1, 0.15) is 32.0 Å². The normalized spacial score (nSPS) is 21.6. The molecule has 13 nitrogen and oxygen atoms in total. The van der Waals surface area contributed by atoms with Crippen molar-refractivity contribution < 1.29 is 62.0 Å². The Morgan fingerprint density at radius 3 is 2.07 bits per heavy atom. The molecule has 58 heavy (non-hydrogen) atoms. The Kier molecular flexibility index (Phi) is 27.9. The fourth-order valence-electron chi connectivity index (χ4n) is 7.11. The zero-order chi connectivity index (χ0) is 42.5. The zero-order valence-corrected chi connectivity index (χ0v) is 37.4. The van der Waals surface area contributed by atoms with E-state index in [9.17, 15) is 24.3 Å². The average molecular weight is 845 g/mol. The highest BCUT2D eigenvalue weighted by atomic mass is 31.2. The first-order chi connectivity index (χ1) is 27.9. The summed E-state index contributed by atoms with van der Waals surface area (Å²) in [6.07, 6.45) is 30.9. The van der Waals surface area contributed by atoms with E-state index < -0.39 is 38.6 Å². The highest BCUT2D eigenvalue weighted by molar-refractivity contribution is 7.47. The first kappa shape index (κ1) is 52.2. The van der Waals surface area contributed by atoms with Crippen LogP contribution in [0.5, 0.6) is 0 Å². The van der Waals surface area contributed by atoms with Gasteiger partial charge in [-0.05, 0) is 38.5 Å². The number of hydrogen-bond acceptors (Lipinski definition) is 11. The van der Waals surface area contributed by atoms with E-state index in [1.54, 1.807) is 0 Å². The Morgan fingerprint density at radius 2 is 1.43 bits per heavy atom. The number of carbonyl (C=O) groups is 2. The molecule has 0 aromatic rings. The van der Waals surface area contributed by atoms with Crippen LogP contribution in [-0.4, -0.2) is 98.5 Å². The summed E-state index contributed by atoms with van der Waals surface area (Å²) in [5, 5.41) is 9.32. The third-order valence-corrected chi connectivity index (χ3v) is 11.6. The molecule has 0 aromatic carbocycles. The molecule has 1 aliphatic carbocycles. The fraction of sp³-hybridized carbons (Fsp3) is 0.818. The quantitative estimate of drug-likeness (QED) is 0.0117. The molecule has 2 rings (SSSR count). The Labute approximate surface area is 349 Å². The van der Waals surface area contributed by atoms with Crippen LogP contribution < -0.4 is 0 Å². The van der Waals surface area contributed by atoms with Gasteiger partial charge in [-0.3, -0.25) is 23.9 Å². The maximum atomic E-state index is 12.8. The van der Waals surface area contributed by atoms with Crippen molar-refractivity contribution in [1.82, 2.24) is 0 Å². The van der Waals surface area contributed by atoms with Gasteiger partial charge in [0.05, 0.1) is 33.9 Å². The number of likely N-dealkylation sites (N-methyl/N-ethyl adjacent to an activating group) is 1. The van der Waals surface area contributed by atoms with Gasteiger partial charge in [0, 0.05) is 31.1 Å². The molecule has 0 radical (unpaired) electrons.